The van der Waals surface area contributed by atoms with Gasteiger partial charge in [-0.3, -0.25) is 4.57 Å². The Hall–Kier alpha value is -6.77. The zero-order valence-electron chi connectivity index (χ0n) is 35.1. The Morgan fingerprint density at radius 1 is 0.412 bits per heavy atom. The molecule has 51 heavy (non-hydrogen) atoms. The Balaban J connectivity index is 1.26. The largest absolute Gasteiger partial charge is 0.292 e. The van der Waals surface area contributed by atoms with Crippen molar-refractivity contribution in [3.63, 3.8) is 0 Å². The van der Waals surface area contributed by atoms with E-state index in [-0.39, 0.29) is 45.7 Å². The molecule has 11 rings (SSSR count). The molecule has 236 valence electrons. The van der Waals surface area contributed by atoms with Gasteiger partial charge in [-0.25, -0.2) is 4.98 Å². The third kappa shape index (κ3) is 4.08. The van der Waals surface area contributed by atoms with E-state index in [4.69, 9.17) is 10.5 Å². The minimum Gasteiger partial charge on any atom is -0.292 e. The van der Waals surface area contributed by atoms with Crippen LogP contribution in [0.5, 0.6) is 0 Å². The van der Waals surface area contributed by atoms with E-state index in [1.807, 2.05) is 115 Å². The van der Waals surface area contributed by atoms with Crippen molar-refractivity contribution in [1.29, 1.82) is 0 Å². The minimum atomic E-state index is -0.431. The molecule has 0 spiro atoms. The van der Waals surface area contributed by atoms with Crippen molar-refractivity contribution in [1.82, 2.24) is 9.55 Å². The van der Waals surface area contributed by atoms with E-state index in [0.29, 0.717) is 22.3 Å². The molecule has 1 heterocycles. The highest BCUT2D eigenvalue weighted by Gasteiger charge is 2.24. The maximum absolute atomic E-state index is 9.50. The number of fused-ring (bicyclic) bond motifs is 6. The fourth-order valence-corrected chi connectivity index (χ4v) is 8.05. The molecule has 0 saturated heterocycles. The standard InChI is InChI=1S/C49H30N2/c1-2-13-32(14-3-1)49-50-44-23-10-11-24-45(44)51(49)33-27-25-31(26-28-33)46-37-17-6-8-19-39(37)48(40-20-9-7-18-38(40)46)43-30-29-42-35-16-5-4-15-34(35)36-21-12-22-41(43)47(36)42/h1-30H/i6D,7D,8D,9D,17D,18D,19D,20D. The second-order valence-electron chi connectivity index (χ2n) is 12.9. The lowest BCUT2D eigenvalue weighted by atomic mass is 9.84. The second kappa shape index (κ2) is 10.9. The van der Waals surface area contributed by atoms with Crippen LogP contribution in [0.3, 0.4) is 0 Å². The highest BCUT2D eigenvalue weighted by Crippen LogP contribution is 2.51. The molecule has 9 aromatic carbocycles. The molecule has 1 aromatic heterocycles. The summed E-state index contributed by atoms with van der Waals surface area (Å²) in [6.07, 6.45) is 0. The summed E-state index contributed by atoms with van der Waals surface area (Å²) in [5.74, 6) is 0.747. The third-order valence-corrected chi connectivity index (χ3v) is 10.2. The van der Waals surface area contributed by atoms with Crippen LogP contribution in [-0.2, 0) is 0 Å². The second-order valence-corrected chi connectivity index (χ2v) is 12.9. The van der Waals surface area contributed by atoms with Crippen molar-refractivity contribution in [2.75, 3.05) is 0 Å². The molecule has 2 heteroatoms. The van der Waals surface area contributed by atoms with Gasteiger partial charge < -0.3 is 0 Å². The zero-order valence-corrected chi connectivity index (χ0v) is 27.1. The molecule has 1 aliphatic carbocycles. The Bertz CT molecular complexity index is 3360. The molecule has 0 N–H and O–H groups in total. The molecular formula is C49H30N2. The third-order valence-electron chi connectivity index (χ3n) is 10.2. The number of hydrogen-bond donors (Lipinski definition) is 0. The lowest BCUT2D eigenvalue weighted by Gasteiger charge is -2.19. The monoisotopic (exact) mass is 654 g/mol. The first-order valence-corrected chi connectivity index (χ1v) is 16.9. The normalized spacial score (nSPS) is 14.1. The van der Waals surface area contributed by atoms with E-state index >= 15 is 0 Å². The fraction of sp³-hybridized carbons (Fsp3) is 0. The smallest absolute Gasteiger partial charge is 0.145 e. The predicted molar refractivity (Wildman–Crippen MR) is 214 cm³/mol. The Kier molecular flexibility index (Phi) is 4.55. The van der Waals surface area contributed by atoms with Crippen molar-refractivity contribution >= 4 is 43.4 Å². The summed E-state index contributed by atoms with van der Waals surface area (Å²) in [7, 11) is 0. The molecule has 0 radical (unpaired) electrons. The van der Waals surface area contributed by atoms with Crippen LogP contribution >= 0.6 is 0 Å². The number of para-hydroxylation sites is 2. The molecule has 0 atom stereocenters. The average molecular weight is 655 g/mol. The molecule has 0 bridgehead atoms. The molecule has 2 nitrogen and oxygen atoms in total. The van der Waals surface area contributed by atoms with Gasteiger partial charge in [-0.1, -0.05) is 158 Å². The first-order chi connectivity index (χ1) is 28.7. The summed E-state index contributed by atoms with van der Waals surface area (Å²) in [4.78, 5) is 4.98. The van der Waals surface area contributed by atoms with Gasteiger partial charge in [0.2, 0.25) is 0 Å². The van der Waals surface area contributed by atoms with Crippen LogP contribution in [0.1, 0.15) is 11.0 Å². The van der Waals surface area contributed by atoms with Crippen LogP contribution in [0.4, 0.5) is 0 Å². The number of hydrogen-bond acceptors (Lipinski definition) is 1. The number of benzene rings is 9. The topological polar surface area (TPSA) is 17.8 Å². The van der Waals surface area contributed by atoms with Crippen molar-refractivity contribution in [2.45, 2.75) is 0 Å². The quantitative estimate of drug-likeness (QED) is 0.173. The molecule has 10 aromatic rings. The van der Waals surface area contributed by atoms with Crippen molar-refractivity contribution in [3.05, 3.63) is 182 Å². The molecule has 1 aliphatic rings. The Morgan fingerprint density at radius 2 is 0.980 bits per heavy atom. The SMILES string of the molecule is [2H]c1c([2H])c([2H])c2c(-c3ccc4c5c(cccc35)-c3ccccc3-4)c3c([2H])c([2H])c([2H])c([2H])c3c(-c3ccc(-n4c(-c5ccccc5)nc5ccccc54)cc3)c2c1[2H]. The highest BCUT2D eigenvalue weighted by atomic mass is 15.1. The summed E-state index contributed by atoms with van der Waals surface area (Å²) < 4.78 is 75.7. The summed E-state index contributed by atoms with van der Waals surface area (Å²) in [6, 6.07) is 40.6. The zero-order chi connectivity index (χ0) is 40.4. The van der Waals surface area contributed by atoms with Crippen LogP contribution in [-0.4, -0.2) is 9.55 Å². The predicted octanol–water partition coefficient (Wildman–Crippen LogP) is 13.1. The van der Waals surface area contributed by atoms with E-state index in [0.717, 1.165) is 61.1 Å². The lowest BCUT2D eigenvalue weighted by Crippen LogP contribution is -1.98. The van der Waals surface area contributed by atoms with Gasteiger partial charge in [-0.2, -0.15) is 0 Å². The number of imidazole rings is 1. The maximum atomic E-state index is 9.50. The molecule has 0 saturated carbocycles. The molecule has 0 amide bonds. The Morgan fingerprint density at radius 3 is 1.69 bits per heavy atom. The van der Waals surface area contributed by atoms with E-state index in [1.54, 1.807) is 0 Å². The van der Waals surface area contributed by atoms with Gasteiger partial charge >= 0.3 is 0 Å². The molecule has 0 unspecified atom stereocenters. The van der Waals surface area contributed by atoms with Crippen LogP contribution in [0, 0.1) is 0 Å². The van der Waals surface area contributed by atoms with E-state index in [9.17, 15) is 5.48 Å². The van der Waals surface area contributed by atoms with E-state index < -0.39 is 24.2 Å². The number of nitrogens with zero attached hydrogens (tertiary/aromatic N) is 2. The van der Waals surface area contributed by atoms with Crippen molar-refractivity contribution in [3.8, 4) is 61.6 Å². The first-order valence-electron chi connectivity index (χ1n) is 20.9. The average Bonchev–Trinajstić information content (AvgIpc) is 3.83. The van der Waals surface area contributed by atoms with Crippen molar-refractivity contribution in [2.24, 2.45) is 0 Å². The van der Waals surface area contributed by atoms with Gasteiger partial charge in [0.25, 0.3) is 0 Å². The van der Waals surface area contributed by atoms with Crippen molar-refractivity contribution < 1.29 is 11.0 Å². The van der Waals surface area contributed by atoms with Crippen LogP contribution < -0.4 is 0 Å². The van der Waals surface area contributed by atoms with Crippen LogP contribution in [0.25, 0.3) is 105 Å². The van der Waals surface area contributed by atoms with Gasteiger partial charge in [0.1, 0.15) is 5.82 Å². The molecule has 0 fully saturated rings. The van der Waals surface area contributed by atoms with Crippen LogP contribution in [0.2, 0.25) is 0 Å². The fourth-order valence-electron chi connectivity index (χ4n) is 8.05. The van der Waals surface area contributed by atoms with Gasteiger partial charge in [0.05, 0.1) is 22.0 Å². The van der Waals surface area contributed by atoms with E-state index in [1.165, 1.54) is 0 Å². The molecule has 0 aliphatic heterocycles. The molecular weight excluding hydrogens is 617 g/mol. The van der Waals surface area contributed by atoms with Gasteiger partial charge in [-0.05, 0) is 101 Å². The summed E-state index contributed by atoms with van der Waals surface area (Å²) in [5, 5.41) is 2.54. The van der Waals surface area contributed by atoms with Gasteiger partial charge in [0.15, 0.2) is 0 Å². The highest BCUT2D eigenvalue weighted by molar-refractivity contribution is 6.26. The van der Waals surface area contributed by atoms with Gasteiger partial charge in [-0.15, -0.1) is 0 Å². The summed E-state index contributed by atoms with van der Waals surface area (Å²) >= 11 is 0. The maximum Gasteiger partial charge on any atom is 0.145 e. The number of aromatic nitrogens is 2. The number of rotatable bonds is 4. The van der Waals surface area contributed by atoms with Crippen LogP contribution in [0.15, 0.2) is 182 Å². The summed E-state index contributed by atoms with van der Waals surface area (Å²) in [6.45, 7) is 0. The van der Waals surface area contributed by atoms with E-state index in [2.05, 4.69) is 22.8 Å². The Labute approximate surface area is 306 Å². The minimum absolute atomic E-state index is 0.181. The first kappa shape index (κ1) is 21.3. The summed E-state index contributed by atoms with van der Waals surface area (Å²) in [5.41, 5.74) is 9.48. The van der Waals surface area contributed by atoms with Gasteiger partial charge in [0, 0.05) is 11.3 Å². The lowest BCUT2D eigenvalue weighted by molar-refractivity contribution is 1.10.